The standard InChI is InChI=1S/C8H13N3O2/c1-3-8(2,5-9)7(13)11-4-6(10)12/h3-4H2,1-2H3,(H2,10,12)(H,11,13). The van der Waals surface area contributed by atoms with Crippen molar-refractivity contribution in [1.82, 2.24) is 5.32 Å². The molecule has 0 bridgehead atoms. The summed E-state index contributed by atoms with van der Waals surface area (Å²) >= 11 is 0. The van der Waals surface area contributed by atoms with Gasteiger partial charge >= 0.3 is 0 Å². The van der Waals surface area contributed by atoms with Gasteiger partial charge in [0.05, 0.1) is 12.6 Å². The van der Waals surface area contributed by atoms with Crippen molar-refractivity contribution >= 4 is 11.8 Å². The lowest BCUT2D eigenvalue weighted by Crippen LogP contribution is -2.41. The van der Waals surface area contributed by atoms with Crippen LogP contribution < -0.4 is 11.1 Å². The van der Waals surface area contributed by atoms with Crippen LogP contribution in [-0.4, -0.2) is 18.4 Å². The fraction of sp³-hybridized carbons (Fsp3) is 0.625. The molecule has 0 heterocycles. The molecule has 0 aromatic heterocycles. The largest absolute Gasteiger partial charge is 0.368 e. The van der Waals surface area contributed by atoms with Gasteiger partial charge in [-0.05, 0) is 13.3 Å². The van der Waals surface area contributed by atoms with Crippen LogP contribution in [0.2, 0.25) is 0 Å². The second-order valence-corrected chi connectivity index (χ2v) is 2.95. The Labute approximate surface area is 76.9 Å². The monoisotopic (exact) mass is 183 g/mol. The first kappa shape index (κ1) is 11.4. The lowest BCUT2D eigenvalue weighted by molar-refractivity contribution is -0.129. The zero-order chi connectivity index (χ0) is 10.5. The minimum atomic E-state index is -1.07. The van der Waals surface area contributed by atoms with Gasteiger partial charge in [-0.1, -0.05) is 6.92 Å². The van der Waals surface area contributed by atoms with Gasteiger partial charge in [0, 0.05) is 0 Å². The summed E-state index contributed by atoms with van der Waals surface area (Å²) in [4.78, 5) is 21.6. The van der Waals surface area contributed by atoms with Crippen LogP contribution in [0, 0.1) is 16.7 Å². The van der Waals surface area contributed by atoms with Gasteiger partial charge in [-0.2, -0.15) is 5.26 Å². The van der Waals surface area contributed by atoms with E-state index in [4.69, 9.17) is 11.0 Å². The third-order valence-electron chi connectivity index (χ3n) is 1.88. The molecule has 0 aliphatic rings. The third-order valence-corrected chi connectivity index (χ3v) is 1.88. The van der Waals surface area contributed by atoms with Crippen molar-refractivity contribution in [3.63, 3.8) is 0 Å². The van der Waals surface area contributed by atoms with Crippen LogP contribution in [0.3, 0.4) is 0 Å². The molecule has 0 spiro atoms. The summed E-state index contributed by atoms with van der Waals surface area (Å²) in [7, 11) is 0. The summed E-state index contributed by atoms with van der Waals surface area (Å²) in [5.41, 5.74) is 3.76. The molecule has 72 valence electrons. The topological polar surface area (TPSA) is 96.0 Å². The number of amides is 2. The summed E-state index contributed by atoms with van der Waals surface area (Å²) in [6, 6.07) is 1.89. The summed E-state index contributed by atoms with van der Waals surface area (Å²) in [5.74, 6) is -1.08. The minimum Gasteiger partial charge on any atom is -0.368 e. The number of nitrogens with two attached hydrogens (primary N) is 1. The Balaban J connectivity index is 4.26. The molecule has 0 aromatic carbocycles. The molecule has 5 heteroatoms. The van der Waals surface area contributed by atoms with Crippen molar-refractivity contribution in [3.05, 3.63) is 0 Å². The molecule has 5 nitrogen and oxygen atoms in total. The van der Waals surface area contributed by atoms with E-state index in [1.54, 1.807) is 6.92 Å². The fourth-order valence-electron chi connectivity index (χ4n) is 0.653. The van der Waals surface area contributed by atoms with E-state index >= 15 is 0 Å². The second-order valence-electron chi connectivity index (χ2n) is 2.95. The molecule has 0 aliphatic carbocycles. The smallest absolute Gasteiger partial charge is 0.240 e. The Kier molecular flexibility index (Phi) is 3.92. The van der Waals surface area contributed by atoms with Crippen LogP contribution in [0.4, 0.5) is 0 Å². The van der Waals surface area contributed by atoms with E-state index in [1.807, 2.05) is 6.07 Å². The number of nitrogens with zero attached hydrogens (tertiary/aromatic N) is 1. The zero-order valence-electron chi connectivity index (χ0n) is 7.76. The molecule has 3 N–H and O–H groups in total. The number of hydrogen-bond donors (Lipinski definition) is 2. The van der Waals surface area contributed by atoms with Gasteiger partial charge < -0.3 is 11.1 Å². The molecular weight excluding hydrogens is 170 g/mol. The average Bonchev–Trinajstić information content (AvgIpc) is 2.12. The number of hydrogen-bond acceptors (Lipinski definition) is 3. The first-order chi connectivity index (χ1) is 5.96. The average molecular weight is 183 g/mol. The Bertz CT molecular complexity index is 257. The predicted octanol–water partition coefficient (Wildman–Crippen LogP) is -0.472. The maximum absolute atomic E-state index is 11.3. The maximum atomic E-state index is 11.3. The summed E-state index contributed by atoms with van der Waals surface area (Å²) < 4.78 is 0. The maximum Gasteiger partial charge on any atom is 0.240 e. The van der Waals surface area contributed by atoms with Crippen molar-refractivity contribution in [1.29, 1.82) is 5.26 Å². The van der Waals surface area contributed by atoms with E-state index in [1.165, 1.54) is 6.92 Å². The third kappa shape index (κ3) is 3.11. The summed E-state index contributed by atoms with van der Waals surface area (Å²) in [6.07, 6.45) is 0.397. The van der Waals surface area contributed by atoms with Crippen molar-refractivity contribution in [2.75, 3.05) is 6.54 Å². The first-order valence-electron chi connectivity index (χ1n) is 3.94. The second kappa shape index (κ2) is 4.45. The highest BCUT2D eigenvalue weighted by Gasteiger charge is 2.30. The number of rotatable bonds is 4. The summed E-state index contributed by atoms with van der Waals surface area (Å²) in [6.45, 7) is 3.02. The number of primary amides is 1. The van der Waals surface area contributed by atoms with Crippen LogP contribution in [0.25, 0.3) is 0 Å². The molecule has 0 saturated heterocycles. The highest BCUT2D eigenvalue weighted by molar-refractivity contribution is 5.88. The van der Waals surface area contributed by atoms with E-state index in [9.17, 15) is 9.59 Å². The lowest BCUT2D eigenvalue weighted by Gasteiger charge is -2.17. The normalized spacial score (nSPS) is 13.9. The lowest BCUT2D eigenvalue weighted by atomic mass is 9.88. The van der Waals surface area contributed by atoms with Crippen molar-refractivity contribution in [3.8, 4) is 6.07 Å². The molecule has 0 aromatic rings. The van der Waals surface area contributed by atoms with Crippen LogP contribution >= 0.6 is 0 Å². The highest BCUT2D eigenvalue weighted by Crippen LogP contribution is 2.19. The Morgan fingerprint density at radius 3 is 2.46 bits per heavy atom. The molecule has 13 heavy (non-hydrogen) atoms. The van der Waals surface area contributed by atoms with E-state index < -0.39 is 17.2 Å². The SMILES string of the molecule is CCC(C)(C#N)C(=O)NCC(N)=O. The van der Waals surface area contributed by atoms with Crippen LogP contribution in [-0.2, 0) is 9.59 Å². The molecule has 0 rings (SSSR count). The van der Waals surface area contributed by atoms with Gasteiger partial charge in [0.2, 0.25) is 11.8 Å². The highest BCUT2D eigenvalue weighted by atomic mass is 16.2. The predicted molar refractivity (Wildman–Crippen MR) is 46.2 cm³/mol. The molecule has 1 unspecified atom stereocenters. The van der Waals surface area contributed by atoms with E-state index in [2.05, 4.69) is 5.32 Å². The van der Waals surface area contributed by atoms with Gasteiger partial charge in [-0.3, -0.25) is 9.59 Å². The number of carbonyl (C=O) groups excluding carboxylic acids is 2. The van der Waals surface area contributed by atoms with Gasteiger partial charge in [-0.15, -0.1) is 0 Å². The molecule has 0 fully saturated rings. The van der Waals surface area contributed by atoms with Crippen LogP contribution in [0.1, 0.15) is 20.3 Å². The number of nitriles is 1. The van der Waals surface area contributed by atoms with Crippen LogP contribution in [0.5, 0.6) is 0 Å². The van der Waals surface area contributed by atoms with Crippen molar-refractivity contribution in [2.24, 2.45) is 11.1 Å². The van der Waals surface area contributed by atoms with E-state index in [-0.39, 0.29) is 6.54 Å². The number of nitrogens with one attached hydrogen (secondary N) is 1. The van der Waals surface area contributed by atoms with E-state index in [0.717, 1.165) is 0 Å². The van der Waals surface area contributed by atoms with Gasteiger partial charge in [0.25, 0.3) is 0 Å². The van der Waals surface area contributed by atoms with Crippen LogP contribution in [0.15, 0.2) is 0 Å². The molecule has 0 aliphatic heterocycles. The number of carbonyl (C=O) groups is 2. The first-order valence-corrected chi connectivity index (χ1v) is 3.94. The molecular formula is C8H13N3O2. The minimum absolute atomic E-state index is 0.226. The fourth-order valence-corrected chi connectivity index (χ4v) is 0.653. The molecule has 1 atom stereocenters. The van der Waals surface area contributed by atoms with Crippen molar-refractivity contribution < 1.29 is 9.59 Å². The van der Waals surface area contributed by atoms with Gasteiger partial charge in [-0.25, -0.2) is 0 Å². The zero-order valence-corrected chi connectivity index (χ0v) is 7.76. The van der Waals surface area contributed by atoms with Crippen molar-refractivity contribution in [2.45, 2.75) is 20.3 Å². The Hall–Kier alpha value is -1.57. The summed E-state index contributed by atoms with van der Waals surface area (Å²) in [5, 5.41) is 11.0. The Morgan fingerprint density at radius 2 is 2.15 bits per heavy atom. The molecule has 2 amide bonds. The van der Waals surface area contributed by atoms with Gasteiger partial charge in [0.1, 0.15) is 5.41 Å². The Morgan fingerprint density at radius 1 is 1.62 bits per heavy atom. The van der Waals surface area contributed by atoms with Gasteiger partial charge in [0.15, 0.2) is 0 Å². The van der Waals surface area contributed by atoms with E-state index in [0.29, 0.717) is 6.42 Å². The molecule has 0 saturated carbocycles. The quantitative estimate of drug-likeness (QED) is 0.616. The molecule has 0 radical (unpaired) electrons.